The lowest BCUT2D eigenvalue weighted by Gasteiger charge is -2.08. The van der Waals surface area contributed by atoms with Gasteiger partial charge in [0.2, 0.25) is 0 Å². The van der Waals surface area contributed by atoms with Gasteiger partial charge in [-0.25, -0.2) is 5.43 Å². The van der Waals surface area contributed by atoms with Crippen LogP contribution < -0.4 is 10.2 Å². The SMILES string of the molecule is Cc1cc(Br)ccc1OCC(=O)NN=CCc1ccccc1. The summed E-state index contributed by atoms with van der Waals surface area (Å²) in [6.07, 6.45) is 2.34. The molecule has 2 aromatic rings. The predicted molar refractivity (Wildman–Crippen MR) is 91.2 cm³/mol. The van der Waals surface area contributed by atoms with Crippen molar-refractivity contribution in [2.45, 2.75) is 13.3 Å². The van der Waals surface area contributed by atoms with E-state index in [0.29, 0.717) is 12.2 Å². The Morgan fingerprint density at radius 1 is 1.27 bits per heavy atom. The molecule has 0 unspecified atom stereocenters. The van der Waals surface area contributed by atoms with E-state index >= 15 is 0 Å². The molecule has 0 atom stereocenters. The highest BCUT2D eigenvalue weighted by Gasteiger charge is 2.04. The van der Waals surface area contributed by atoms with Crippen molar-refractivity contribution >= 4 is 28.1 Å². The van der Waals surface area contributed by atoms with E-state index < -0.39 is 0 Å². The summed E-state index contributed by atoms with van der Waals surface area (Å²) in [7, 11) is 0. The molecular formula is C17H17BrN2O2. The van der Waals surface area contributed by atoms with Crippen LogP contribution in [0.15, 0.2) is 58.1 Å². The van der Waals surface area contributed by atoms with Crippen molar-refractivity contribution in [1.82, 2.24) is 5.43 Å². The maximum atomic E-state index is 11.6. The van der Waals surface area contributed by atoms with Gasteiger partial charge in [0.25, 0.3) is 5.91 Å². The smallest absolute Gasteiger partial charge is 0.277 e. The first kappa shape index (κ1) is 16.2. The van der Waals surface area contributed by atoms with Crippen LogP contribution in [0.2, 0.25) is 0 Å². The van der Waals surface area contributed by atoms with E-state index in [2.05, 4.69) is 26.5 Å². The molecule has 1 N–H and O–H groups in total. The van der Waals surface area contributed by atoms with Gasteiger partial charge in [0.15, 0.2) is 6.61 Å². The number of hydrogen-bond acceptors (Lipinski definition) is 3. The summed E-state index contributed by atoms with van der Waals surface area (Å²) < 4.78 is 6.44. The number of amides is 1. The molecule has 0 saturated heterocycles. The number of nitrogens with one attached hydrogen (secondary N) is 1. The van der Waals surface area contributed by atoms with Gasteiger partial charge in [-0.1, -0.05) is 46.3 Å². The van der Waals surface area contributed by atoms with Crippen molar-refractivity contribution in [3.8, 4) is 5.75 Å². The number of benzene rings is 2. The Morgan fingerprint density at radius 2 is 2.05 bits per heavy atom. The highest BCUT2D eigenvalue weighted by atomic mass is 79.9. The van der Waals surface area contributed by atoms with E-state index in [0.717, 1.165) is 15.6 Å². The van der Waals surface area contributed by atoms with E-state index in [9.17, 15) is 4.79 Å². The van der Waals surface area contributed by atoms with Gasteiger partial charge < -0.3 is 4.74 Å². The molecule has 0 bridgehead atoms. The number of nitrogens with zero attached hydrogens (tertiary/aromatic N) is 1. The van der Waals surface area contributed by atoms with Crippen LogP contribution in [0.3, 0.4) is 0 Å². The third-order valence-corrected chi connectivity index (χ3v) is 3.44. The van der Waals surface area contributed by atoms with Crippen LogP contribution in [0.5, 0.6) is 5.75 Å². The normalized spacial score (nSPS) is 10.6. The minimum Gasteiger partial charge on any atom is -0.483 e. The second kappa shape index (κ2) is 8.34. The molecule has 114 valence electrons. The van der Waals surface area contributed by atoms with Crippen molar-refractivity contribution in [1.29, 1.82) is 0 Å². The number of carbonyl (C=O) groups excluding carboxylic acids is 1. The van der Waals surface area contributed by atoms with Gasteiger partial charge >= 0.3 is 0 Å². The molecule has 0 aliphatic heterocycles. The van der Waals surface area contributed by atoms with Crippen LogP contribution in [0.1, 0.15) is 11.1 Å². The summed E-state index contributed by atoms with van der Waals surface area (Å²) in [6.45, 7) is 1.86. The van der Waals surface area contributed by atoms with E-state index in [1.54, 1.807) is 6.21 Å². The summed E-state index contributed by atoms with van der Waals surface area (Å²) in [5.74, 6) is 0.401. The van der Waals surface area contributed by atoms with Crippen molar-refractivity contribution in [2.24, 2.45) is 5.10 Å². The standard InChI is InChI=1S/C17H17BrN2O2/c1-13-11-15(18)7-8-16(13)22-12-17(21)20-19-10-9-14-5-3-2-4-6-14/h2-8,10-11H,9,12H2,1H3,(H,20,21). The maximum absolute atomic E-state index is 11.6. The Hall–Kier alpha value is -2.14. The molecular weight excluding hydrogens is 344 g/mol. The number of ether oxygens (including phenoxy) is 1. The zero-order chi connectivity index (χ0) is 15.8. The molecule has 0 fully saturated rings. The van der Waals surface area contributed by atoms with Gasteiger partial charge in [0, 0.05) is 17.1 Å². The molecule has 0 radical (unpaired) electrons. The van der Waals surface area contributed by atoms with Gasteiger partial charge in [-0.3, -0.25) is 4.79 Å². The van der Waals surface area contributed by atoms with Gasteiger partial charge in [0.05, 0.1) is 0 Å². The fourth-order valence-electron chi connectivity index (χ4n) is 1.83. The molecule has 22 heavy (non-hydrogen) atoms. The molecule has 0 aliphatic carbocycles. The molecule has 2 rings (SSSR count). The number of halogens is 1. The Balaban J connectivity index is 1.74. The van der Waals surface area contributed by atoms with Crippen LogP contribution in [0, 0.1) is 6.92 Å². The lowest BCUT2D eigenvalue weighted by atomic mass is 10.2. The molecule has 1 amide bonds. The molecule has 5 heteroatoms. The van der Waals surface area contributed by atoms with Crippen LogP contribution in [-0.4, -0.2) is 18.7 Å². The zero-order valence-electron chi connectivity index (χ0n) is 12.3. The summed E-state index contributed by atoms with van der Waals surface area (Å²) in [4.78, 5) is 11.6. The Labute approximate surface area is 138 Å². The number of hydrazone groups is 1. The van der Waals surface area contributed by atoms with Crippen LogP contribution in [0.25, 0.3) is 0 Å². The summed E-state index contributed by atoms with van der Waals surface area (Å²) in [5, 5.41) is 3.90. The summed E-state index contributed by atoms with van der Waals surface area (Å²) in [5.41, 5.74) is 4.56. The van der Waals surface area contributed by atoms with Crippen LogP contribution >= 0.6 is 15.9 Å². The number of aryl methyl sites for hydroxylation is 1. The van der Waals surface area contributed by atoms with Gasteiger partial charge in [-0.15, -0.1) is 0 Å². The molecule has 0 saturated carbocycles. The van der Waals surface area contributed by atoms with Gasteiger partial charge in [-0.2, -0.15) is 5.10 Å². The summed E-state index contributed by atoms with van der Waals surface area (Å²) in [6, 6.07) is 15.5. The predicted octanol–water partition coefficient (Wildman–Crippen LogP) is 3.48. The first-order chi connectivity index (χ1) is 10.6. The average molecular weight is 361 g/mol. The Bertz CT molecular complexity index is 657. The topological polar surface area (TPSA) is 50.7 Å². The van der Waals surface area contributed by atoms with Crippen molar-refractivity contribution in [2.75, 3.05) is 6.61 Å². The lowest BCUT2D eigenvalue weighted by molar-refractivity contribution is -0.123. The van der Waals surface area contributed by atoms with Crippen molar-refractivity contribution in [3.63, 3.8) is 0 Å². The minimum absolute atomic E-state index is 0.0643. The molecule has 2 aromatic carbocycles. The number of hydrogen-bond donors (Lipinski definition) is 1. The molecule has 0 spiro atoms. The second-order valence-corrected chi connectivity index (χ2v) is 5.65. The third-order valence-electron chi connectivity index (χ3n) is 2.95. The Kier molecular flexibility index (Phi) is 6.15. The molecule has 4 nitrogen and oxygen atoms in total. The number of rotatable bonds is 6. The fraction of sp³-hybridized carbons (Fsp3) is 0.176. The first-order valence-electron chi connectivity index (χ1n) is 6.88. The second-order valence-electron chi connectivity index (χ2n) is 4.73. The van der Waals surface area contributed by atoms with E-state index in [1.807, 2.05) is 55.5 Å². The van der Waals surface area contributed by atoms with Crippen LogP contribution in [0.4, 0.5) is 0 Å². The third kappa shape index (κ3) is 5.33. The van der Waals surface area contributed by atoms with Gasteiger partial charge in [-0.05, 0) is 36.2 Å². The zero-order valence-corrected chi connectivity index (χ0v) is 13.8. The van der Waals surface area contributed by atoms with E-state index in [4.69, 9.17) is 4.74 Å². The monoisotopic (exact) mass is 360 g/mol. The highest BCUT2D eigenvalue weighted by molar-refractivity contribution is 9.10. The van der Waals surface area contributed by atoms with Crippen molar-refractivity contribution < 1.29 is 9.53 Å². The number of carbonyl (C=O) groups is 1. The van der Waals surface area contributed by atoms with Crippen molar-refractivity contribution in [3.05, 3.63) is 64.1 Å². The first-order valence-corrected chi connectivity index (χ1v) is 7.67. The largest absolute Gasteiger partial charge is 0.483 e. The average Bonchev–Trinajstić information content (AvgIpc) is 2.52. The quantitative estimate of drug-likeness (QED) is 0.633. The Morgan fingerprint density at radius 3 is 2.77 bits per heavy atom. The maximum Gasteiger partial charge on any atom is 0.277 e. The summed E-state index contributed by atoms with van der Waals surface area (Å²) >= 11 is 3.38. The van der Waals surface area contributed by atoms with Crippen LogP contribution in [-0.2, 0) is 11.2 Å². The lowest BCUT2D eigenvalue weighted by Crippen LogP contribution is -2.24. The molecule has 0 aromatic heterocycles. The van der Waals surface area contributed by atoms with E-state index in [-0.39, 0.29) is 12.5 Å². The fourth-order valence-corrected chi connectivity index (χ4v) is 2.31. The van der Waals surface area contributed by atoms with E-state index in [1.165, 1.54) is 0 Å². The molecule has 0 heterocycles. The highest BCUT2D eigenvalue weighted by Crippen LogP contribution is 2.21. The minimum atomic E-state index is -0.286. The molecule has 0 aliphatic rings. The van der Waals surface area contributed by atoms with Gasteiger partial charge in [0.1, 0.15) is 5.75 Å².